The van der Waals surface area contributed by atoms with Crippen molar-refractivity contribution >= 4 is 11.3 Å². The number of hydrogen-bond donors (Lipinski definition) is 0. The average molecular weight is 234 g/mol. The molecular formula is C12H14N2OS. The van der Waals surface area contributed by atoms with E-state index in [1.807, 2.05) is 12.1 Å². The Morgan fingerprint density at radius 1 is 1.31 bits per heavy atom. The third-order valence-corrected chi connectivity index (χ3v) is 3.06. The van der Waals surface area contributed by atoms with Crippen LogP contribution < -0.4 is 4.74 Å². The Kier molecular flexibility index (Phi) is 3.88. The van der Waals surface area contributed by atoms with Gasteiger partial charge in [0.15, 0.2) is 0 Å². The minimum Gasteiger partial charge on any atom is -0.487 e. The third kappa shape index (κ3) is 3.03. The van der Waals surface area contributed by atoms with Gasteiger partial charge in [-0.2, -0.15) is 0 Å². The third-order valence-electron chi connectivity index (χ3n) is 2.10. The van der Waals surface area contributed by atoms with Gasteiger partial charge in [0.05, 0.1) is 10.7 Å². The second-order valence-electron chi connectivity index (χ2n) is 3.45. The molecule has 0 saturated carbocycles. The van der Waals surface area contributed by atoms with E-state index in [1.54, 1.807) is 23.7 Å². The summed E-state index contributed by atoms with van der Waals surface area (Å²) in [6.45, 7) is 2.69. The molecule has 84 valence electrons. The molecule has 2 heterocycles. The zero-order valence-electron chi connectivity index (χ0n) is 9.22. The zero-order valence-corrected chi connectivity index (χ0v) is 10.0. The predicted octanol–water partition coefficient (Wildman–Crippen LogP) is 3.07. The highest BCUT2D eigenvalue weighted by atomic mass is 32.1. The number of aryl methyl sites for hydroxylation is 1. The number of thiazole rings is 1. The van der Waals surface area contributed by atoms with E-state index >= 15 is 0 Å². The van der Waals surface area contributed by atoms with Gasteiger partial charge in [0.2, 0.25) is 0 Å². The van der Waals surface area contributed by atoms with Crippen LogP contribution in [0.4, 0.5) is 0 Å². The van der Waals surface area contributed by atoms with Gasteiger partial charge in [-0.15, -0.1) is 11.3 Å². The summed E-state index contributed by atoms with van der Waals surface area (Å²) in [4.78, 5) is 8.43. The summed E-state index contributed by atoms with van der Waals surface area (Å²) in [5, 5.41) is 3.25. The summed E-state index contributed by atoms with van der Waals surface area (Å²) in [5.41, 5.74) is 1.00. The molecule has 0 N–H and O–H groups in total. The van der Waals surface area contributed by atoms with E-state index in [4.69, 9.17) is 4.74 Å². The maximum absolute atomic E-state index is 5.59. The van der Waals surface area contributed by atoms with E-state index in [2.05, 4.69) is 22.3 Å². The minimum absolute atomic E-state index is 0.532. The molecule has 4 heteroatoms. The molecule has 0 radical (unpaired) electrons. The fourth-order valence-electron chi connectivity index (χ4n) is 1.34. The number of ether oxygens (including phenoxy) is 1. The van der Waals surface area contributed by atoms with Gasteiger partial charge in [-0.05, 0) is 25.0 Å². The van der Waals surface area contributed by atoms with Gasteiger partial charge in [-0.3, -0.25) is 4.98 Å². The van der Waals surface area contributed by atoms with Gasteiger partial charge in [0.1, 0.15) is 12.4 Å². The molecule has 0 aliphatic heterocycles. The molecule has 0 amide bonds. The summed E-state index contributed by atoms with van der Waals surface area (Å²) in [5.74, 6) is 0.833. The molecule has 0 aliphatic carbocycles. The fraction of sp³-hybridized carbons (Fsp3) is 0.333. The van der Waals surface area contributed by atoms with Crippen molar-refractivity contribution in [3.8, 4) is 5.75 Å². The van der Waals surface area contributed by atoms with Crippen LogP contribution in [0.25, 0.3) is 0 Å². The van der Waals surface area contributed by atoms with Crippen LogP contribution in [0.1, 0.15) is 24.0 Å². The van der Waals surface area contributed by atoms with Crippen molar-refractivity contribution in [3.05, 3.63) is 40.6 Å². The molecular weight excluding hydrogens is 220 g/mol. The van der Waals surface area contributed by atoms with Gasteiger partial charge in [-0.1, -0.05) is 6.92 Å². The molecule has 0 atom stereocenters. The summed E-state index contributed by atoms with van der Waals surface area (Å²) in [6.07, 6.45) is 5.63. The molecule has 16 heavy (non-hydrogen) atoms. The quantitative estimate of drug-likeness (QED) is 0.797. The van der Waals surface area contributed by atoms with Crippen molar-refractivity contribution in [1.29, 1.82) is 0 Å². The lowest BCUT2D eigenvalue weighted by Gasteiger charge is -2.02. The summed E-state index contributed by atoms with van der Waals surface area (Å²) < 4.78 is 5.59. The van der Waals surface area contributed by atoms with Crippen LogP contribution in [-0.2, 0) is 13.0 Å². The Bertz CT molecular complexity index is 428. The monoisotopic (exact) mass is 234 g/mol. The predicted molar refractivity (Wildman–Crippen MR) is 64.7 cm³/mol. The number of pyridine rings is 1. The summed E-state index contributed by atoms with van der Waals surface area (Å²) in [7, 11) is 0. The molecule has 0 fully saturated rings. The lowest BCUT2D eigenvalue weighted by atomic mass is 10.3. The van der Waals surface area contributed by atoms with Crippen LogP contribution in [0.2, 0.25) is 0 Å². The maximum Gasteiger partial charge on any atom is 0.131 e. The molecule has 2 aromatic rings. The van der Waals surface area contributed by atoms with Gasteiger partial charge in [-0.25, -0.2) is 4.98 Å². The van der Waals surface area contributed by atoms with E-state index in [0.717, 1.165) is 24.3 Å². The molecule has 0 bridgehead atoms. The molecule has 0 spiro atoms. The molecule has 0 unspecified atom stereocenters. The number of aromatic nitrogens is 2. The first kappa shape index (κ1) is 11.1. The molecule has 2 aromatic heterocycles. The Morgan fingerprint density at radius 3 is 2.88 bits per heavy atom. The molecule has 2 rings (SSSR count). The fourth-order valence-corrected chi connectivity index (χ4v) is 2.22. The van der Waals surface area contributed by atoms with Crippen LogP contribution in [0, 0.1) is 0 Å². The highest BCUT2D eigenvalue weighted by Crippen LogP contribution is 2.14. The highest BCUT2D eigenvalue weighted by molar-refractivity contribution is 7.09. The number of nitrogens with zero attached hydrogens (tertiary/aromatic N) is 2. The Labute approximate surface area is 99.1 Å². The first-order valence-electron chi connectivity index (χ1n) is 5.34. The maximum atomic E-state index is 5.59. The standard InChI is InChI=1S/C12H14N2OS/c1-2-3-12-14-10(9-16-12)8-15-11-4-6-13-7-5-11/h4-7,9H,2-3,8H2,1H3. The summed E-state index contributed by atoms with van der Waals surface area (Å²) in [6, 6.07) is 3.69. The molecule has 0 aromatic carbocycles. The second kappa shape index (κ2) is 5.61. The van der Waals surface area contributed by atoms with Gasteiger partial charge in [0, 0.05) is 17.8 Å². The van der Waals surface area contributed by atoms with Gasteiger partial charge in [0.25, 0.3) is 0 Å². The Morgan fingerprint density at radius 2 is 2.12 bits per heavy atom. The van der Waals surface area contributed by atoms with Crippen LogP contribution >= 0.6 is 11.3 Å². The molecule has 0 saturated heterocycles. The van der Waals surface area contributed by atoms with Crippen molar-refractivity contribution in [2.45, 2.75) is 26.4 Å². The Balaban J connectivity index is 1.89. The van der Waals surface area contributed by atoms with Gasteiger partial charge < -0.3 is 4.74 Å². The normalized spacial score (nSPS) is 10.3. The summed E-state index contributed by atoms with van der Waals surface area (Å²) >= 11 is 1.71. The van der Waals surface area contributed by atoms with Crippen LogP contribution in [0.3, 0.4) is 0 Å². The number of rotatable bonds is 5. The lowest BCUT2D eigenvalue weighted by Crippen LogP contribution is -1.96. The SMILES string of the molecule is CCCc1nc(COc2ccncc2)cs1. The first-order chi connectivity index (χ1) is 7.88. The van der Waals surface area contributed by atoms with E-state index in [9.17, 15) is 0 Å². The average Bonchev–Trinajstić information content (AvgIpc) is 2.76. The van der Waals surface area contributed by atoms with Gasteiger partial charge >= 0.3 is 0 Å². The lowest BCUT2D eigenvalue weighted by molar-refractivity contribution is 0.301. The van der Waals surface area contributed by atoms with Crippen molar-refractivity contribution in [1.82, 2.24) is 9.97 Å². The molecule has 3 nitrogen and oxygen atoms in total. The van der Waals surface area contributed by atoms with Crippen molar-refractivity contribution in [2.24, 2.45) is 0 Å². The highest BCUT2D eigenvalue weighted by Gasteiger charge is 2.01. The van der Waals surface area contributed by atoms with Crippen molar-refractivity contribution in [2.75, 3.05) is 0 Å². The van der Waals surface area contributed by atoms with Crippen molar-refractivity contribution < 1.29 is 4.74 Å². The first-order valence-corrected chi connectivity index (χ1v) is 6.22. The zero-order chi connectivity index (χ0) is 11.2. The number of hydrogen-bond acceptors (Lipinski definition) is 4. The molecule has 0 aliphatic rings. The smallest absolute Gasteiger partial charge is 0.131 e. The van der Waals surface area contributed by atoms with E-state index in [-0.39, 0.29) is 0 Å². The van der Waals surface area contributed by atoms with E-state index in [1.165, 1.54) is 5.01 Å². The minimum atomic E-state index is 0.532. The van der Waals surface area contributed by atoms with E-state index in [0.29, 0.717) is 6.61 Å². The topological polar surface area (TPSA) is 35.0 Å². The Hall–Kier alpha value is -1.42. The van der Waals surface area contributed by atoms with Crippen LogP contribution in [0.15, 0.2) is 29.9 Å². The second-order valence-corrected chi connectivity index (χ2v) is 4.40. The van der Waals surface area contributed by atoms with Crippen LogP contribution in [-0.4, -0.2) is 9.97 Å². The van der Waals surface area contributed by atoms with Crippen molar-refractivity contribution in [3.63, 3.8) is 0 Å². The van der Waals surface area contributed by atoms with Crippen LogP contribution in [0.5, 0.6) is 5.75 Å². The largest absolute Gasteiger partial charge is 0.487 e. The van der Waals surface area contributed by atoms with E-state index < -0.39 is 0 Å².